The van der Waals surface area contributed by atoms with Crippen molar-refractivity contribution in [2.45, 2.75) is 57.9 Å². The van der Waals surface area contributed by atoms with E-state index in [9.17, 15) is 8.42 Å². The van der Waals surface area contributed by atoms with Crippen LogP contribution in [0.25, 0.3) is 0 Å². The zero-order valence-electron chi connectivity index (χ0n) is 13.4. The second-order valence-electron chi connectivity index (χ2n) is 5.28. The van der Waals surface area contributed by atoms with Crippen molar-refractivity contribution in [1.29, 1.82) is 0 Å². The second kappa shape index (κ2) is 9.18. The van der Waals surface area contributed by atoms with E-state index in [2.05, 4.69) is 17.0 Å². The van der Waals surface area contributed by atoms with Gasteiger partial charge in [-0.25, -0.2) is 13.1 Å². The van der Waals surface area contributed by atoms with Crippen molar-refractivity contribution in [3.63, 3.8) is 0 Å². The van der Waals surface area contributed by atoms with Crippen molar-refractivity contribution in [1.82, 2.24) is 10.0 Å². The lowest BCUT2D eigenvalue weighted by molar-refractivity contribution is 0.572. The summed E-state index contributed by atoms with van der Waals surface area (Å²) < 4.78 is 27.5. The zero-order valence-corrected chi connectivity index (χ0v) is 14.2. The molecule has 120 valence electrons. The van der Waals surface area contributed by atoms with E-state index < -0.39 is 10.0 Å². The summed E-state index contributed by atoms with van der Waals surface area (Å²) in [6.07, 6.45) is 4.26. The van der Waals surface area contributed by atoms with Crippen molar-refractivity contribution in [3.8, 4) is 0 Å². The Balaban J connectivity index is 2.74. The van der Waals surface area contributed by atoms with Gasteiger partial charge in [0.1, 0.15) is 0 Å². The van der Waals surface area contributed by atoms with Gasteiger partial charge in [-0.15, -0.1) is 0 Å². The van der Waals surface area contributed by atoms with Gasteiger partial charge >= 0.3 is 0 Å². The Bertz CT molecular complexity index is 527. The third-order valence-corrected chi connectivity index (χ3v) is 5.18. The highest BCUT2D eigenvalue weighted by molar-refractivity contribution is 7.89. The molecule has 0 saturated carbocycles. The summed E-state index contributed by atoms with van der Waals surface area (Å²) in [7, 11) is -3.40. The summed E-state index contributed by atoms with van der Waals surface area (Å²) in [5.41, 5.74) is 1.87. The fourth-order valence-corrected chi connectivity index (χ4v) is 3.60. The number of rotatable bonds is 10. The summed E-state index contributed by atoms with van der Waals surface area (Å²) in [6, 6.07) is 5.46. The fraction of sp³-hybridized carbons (Fsp3) is 0.625. The number of hydrogen-bond acceptors (Lipinski definition) is 3. The molecule has 21 heavy (non-hydrogen) atoms. The maximum atomic E-state index is 12.4. The number of unbranched alkanes of at least 4 members (excludes halogenated alkanes) is 3. The van der Waals surface area contributed by atoms with E-state index >= 15 is 0 Å². The minimum absolute atomic E-state index is 0.397. The number of sulfonamides is 1. The summed E-state index contributed by atoms with van der Waals surface area (Å²) >= 11 is 0. The lowest BCUT2D eigenvalue weighted by atomic mass is 10.1. The van der Waals surface area contributed by atoms with Crippen LogP contribution in [0.15, 0.2) is 23.1 Å². The Hall–Kier alpha value is -0.910. The minimum Gasteiger partial charge on any atom is -0.313 e. The van der Waals surface area contributed by atoms with Crippen LogP contribution in [-0.4, -0.2) is 21.5 Å². The Morgan fingerprint density at radius 2 is 1.86 bits per heavy atom. The molecule has 0 bridgehead atoms. The number of benzene rings is 1. The molecule has 0 aliphatic heterocycles. The molecule has 0 aromatic heterocycles. The van der Waals surface area contributed by atoms with Gasteiger partial charge in [-0.2, -0.15) is 0 Å². The highest BCUT2D eigenvalue weighted by Gasteiger charge is 2.17. The van der Waals surface area contributed by atoms with Crippen LogP contribution in [-0.2, 0) is 16.6 Å². The molecule has 0 radical (unpaired) electrons. The minimum atomic E-state index is -3.40. The second-order valence-corrected chi connectivity index (χ2v) is 7.01. The van der Waals surface area contributed by atoms with Crippen LogP contribution in [0.3, 0.4) is 0 Å². The van der Waals surface area contributed by atoms with Crippen LogP contribution in [0.2, 0.25) is 0 Å². The number of nitrogens with one attached hydrogen (secondary N) is 2. The topological polar surface area (TPSA) is 58.2 Å². The van der Waals surface area contributed by atoms with Crippen molar-refractivity contribution >= 4 is 10.0 Å². The average molecular weight is 312 g/mol. The fourth-order valence-electron chi connectivity index (χ4n) is 2.24. The third-order valence-electron chi connectivity index (χ3n) is 3.57. The molecular formula is C16H28N2O2S. The summed E-state index contributed by atoms with van der Waals surface area (Å²) in [5.74, 6) is 0. The van der Waals surface area contributed by atoms with Crippen LogP contribution < -0.4 is 10.0 Å². The van der Waals surface area contributed by atoms with E-state index in [4.69, 9.17) is 0 Å². The Morgan fingerprint density at radius 1 is 1.10 bits per heavy atom. The van der Waals surface area contributed by atoms with E-state index in [1.807, 2.05) is 26.0 Å². The third kappa shape index (κ3) is 5.77. The Kier molecular flexibility index (Phi) is 7.93. The lowest BCUT2D eigenvalue weighted by Gasteiger charge is -2.13. The van der Waals surface area contributed by atoms with Gasteiger partial charge in [0, 0.05) is 13.1 Å². The van der Waals surface area contributed by atoms with Gasteiger partial charge in [-0.3, -0.25) is 0 Å². The normalized spacial score (nSPS) is 11.8. The van der Waals surface area contributed by atoms with Gasteiger partial charge in [0.2, 0.25) is 10.0 Å². The standard InChI is InChI=1S/C16H28N2O2S/c1-4-6-7-8-12-18-21(19,20)16-11-9-10-15(14(16)3)13-17-5-2/h9-11,17-18H,4-8,12-13H2,1-3H3. The molecule has 2 N–H and O–H groups in total. The molecule has 1 rings (SSSR count). The molecule has 1 aromatic carbocycles. The summed E-state index contributed by atoms with van der Waals surface area (Å²) in [5, 5.41) is 3.24. The first-order valence-electron chi connectivity index (χ1n) is 7.81. The number of hydrogen-bond donors (Lipinski definition) is 2. The molecular weight excluding hydrogens is 284 g/mol. The monoisotopic (exact) mass is 312 g/mol. The van der Waals surface area contributed by atoms with E-state index in [0.29, 0.717) is 18.0 Å². The van der Waals surface area contributed by atoms with Gasteiger partial charge in [-0.05, 0) is 37.1 Å². The largest absolute Gasteiger partial charge is 0.313 e. The summed E-state index contributed by atoms with van der Waals surface area (Å²) in [4.78, 5) is 0.397. The molecule has 0 unspecified atom stereocenters. The average Bonchev–Trinajstić information content (AvgIpc) is 2.45. The molecule has 0 aliphatic carbocycles. The lowest BCUT2D eigenvalue weighted by Crippen LogP contribution is -2.26. The Labute approximate surface area is 129 Å². The molecule has 0 atom stereocenters. The predicted molar refractivity (Wildman–Crippen MR) is 87.9 cm³/mol. The van der Waals surface area contributed by atoms with Crippen LogP contribution in [0, 0.1) is 6.92 Å². The van der Waals surface area contributed by atoms with Gasteiger partial charge in [-0.1, -0.05) is 45.2 Å². The molecule has 0 fully saturated rings. The van der Waals surface area contributed by atoms with Crippen LogP contribution in [0.1, 0.15) is 50.7 Å². The van der Waals surface area contributed by atoms with E-state index in [-0.39, 0.29) is 0 Å². The van der Waals surface area contributed by atoms with Gasteiger partial charge in [0.05, 0.1) is 4.90 Å². The molecule has 1 aromatic rings. The first kappa shape index (κ1) is 18.1. The van der Waals surface area contributed by atoms with Crippen molar-refractivity contribution in [3.05, 3.63) is 29.3 Å². The molecule has 0 aliphatic rings. The predicted octanol–water partition coefficient (Wildman–Crippen LogP) is 2.96. The van der Waals surface area contributed by atoms with Crippen LogP contribution in [0.5, 0.6) is 0 Å². The van der Waals surface area contributed by atoms with Crippen LogP contribution >= 0.6 is 0 Å². The highest BCUT2D eigenvalue weighted by Crippen LogP contribution is 2.18. The molecule has 0 spiro atoms. The van der Waals surface area contributed by atoms with Gasteiger partial charge < -0.3 is 5.32 Å². The maximum Gasteiger partial charge on any atom is 0.240 e. The van der Waals surface area contributed by atoms with Crippen molar-refractivity contribution in [2.75, 3.05) is 13.1 Å². The van der Waals surface area contributed by atoms with E-state index in [1.54, 1.807) is 6.07 Å². The van der Waals surface area contributed by atoms with Gasteiger partial charge in [0.25, 0.3) is 0 Å². The van der Waals surface area contributed by atoms with E-state index in [0.717, 1.165) is 43.4 Å². The smallest absolute Gasteiger partial charge is 0.240 e. The molecule has 5 heteroatoms. The van der Waals surface area contributed by atoms with Crippen LogP contribution in [0.4, 0.5) is 0 Å². The SMILES string of the molecule is CCCCCCNS(=O)(=O)c1cccc(CNCC)c1C. The summed E-state index contributed by atoms with van der Waals surface area (Å²) in [6.45, 7) is 8.13. The maximum absolute atomic E-state index is 12.4. The molecule has 4 nitrogen and oxygen atoms in total. The highest BCUT2D eigenvalue weighted by atomic mass is 32.2. The first-order chi connectivity index (χ1) is 10.0. The van der Waals surface area contributed by atoms with E-state index in [1.165, 1.54) is 0 Å². The molecule has 0 heterocycles. The first-order valence-corrected chi connectivity index (χ1v) is 9.30. The molecule has 0 saturated heterocycles. The Morgan fingerprint density at radius 3 is 2.52 bits per heavy atom. The zero-order chi connectivity index (χ0) is 15.7. The van der Waals surface area contributed by atoms with Gasteiger partial charge in [0.15, 0.2) is 0 Å². The quantitative estimate of drug-likeness (QED) is 0.653. The van der Waals surface area contributed by atoms with Crippen molar-refractivity contribution in [2.24, 2.45) is 0 Å². The van der Waals surface area contributed by atoms with Crippen molar-refractivity contribution < 1.29 is 8.42 Å². The molecule has 0 amide bonds.